The Morgan fingerprint density at radius 1 is 1.42 bits per heavy atom. The zero-order chi connectivity index (χ0) is 23.4. The number of rotatable bonds is 11. The number of nitrogens with two attached hydrogens (primary N) is 1. The van der Waals surface area contributed by atoms with Crippen LogP contribution in [0.1, 0.15) is 12.2 Å². The number of aryl methyl sites for hydroxylation is 1. The van der Waals surface area contributed by atoms with Gasteiger partial charge in [0.25, 0.3) is 5.60 Å². The molecule has 5 N–H and O–H groups in total. The highest BCUT2D eigenvalue weighted by atomic mass is 16.6. The molecule has 0 aliphatic rings. The standard InChI is InChI=1S/C19H23N5O7/c1-5-7-19(16(25)26,17(27)28)31-8-12(30-4)18(29,6-2)9-24-10-21-13-14(20)22-11(3)23-15(13)24/h2,5,10,12,29H,1,7-9H2,3-4H3,(H,25,26)(H,27,28)(H2,20,22,23). The fourth-order valence-electron chi connectivity index (χ4n) is 2.97. The molecular formula is C19H23N5O7. The van der Waals surface area contributed by atoms with Gasteiger partial charge in [0.05, 0.1) is 19.5 Å². The number of terminal acetylenes is 1. The summed E-state index contributed by atoms with van der Waals surface area (Å²) in [6.07, 6.45) is 6.16. The van der Waals surface area contributed by atoms with Gasteiger partial charge in [0.1, 0.15) is 17.4 Å². The van der Waals surface area contributed by atoms with E-state index in [0.717, 1.165) is 6.08 Å². The van der Waals surface area contributed by atoms with E-state index in [1.807, 2.05) is 0 Å². The molecule has 2 atom stereocenters. The average molecular weight is 433 g/mol. The van der Waals surface area contributed by atoms with Crippen molar-refractivity contribution in [1.29, 1.82) is 0 Å². The highest BCUT2D eigenvalue weighted by Gasteiger charge is 2.49. The van der Waals surface area contributed by atoms with Crippen LogP contribution in [0.2, 0.25) is 0 Å². The van der Waals surface area contributed by atoms with Gasteiger partial charge in [0, 0.05) is 13.5 Å². The van der Waals surface area contributed by atoms with Crippen molar-refractivity contribution in [3.8, 4) is 12.3 Å². The number of carboxylic acid groups (broad SMARTS) is 2. The molecule has 0 aliphatic heterocycles. The second kappa shape index (κ2) is 9.09. The number of aromatic nitrogens is 4. The largest absolute Gasteiger partial charge is 0.479 e. The summed E-state index contributed by atoms with van der Waals surface area (Å²) in [6, 6.07) is 0. The van der Waals surface area contributed by atoms with Crippen LogP contribution in [0.5, 0.6) is 0 Å². The molecule has 0 radical (unpaired) electrons. The van der Waals surface area contributed by atoms with Gasteiger partial charge in [0.2, 0.25) is 0 Å². The molecule has 2 rings (SSSR count). The molecule has 2 aromatic heterocycles. The third-order valence-corrected chi connectivity index (χ3v) is 4.69. The number of ether oxygens (including phenoxy) is 2. The monoisotopic (exact) mass is 433 g/mol. The fraction of sp³-hybridized carbons (Fsp3) is 0.421. The molecule has 12 nitrogen and oxygen atoms in total. The van der Waals surface area contributed by atoms with Crippen molar-refractivity contribution in [2.45, 2.75) is 37.2 Å². The van der Waals surface area contributed by atoms with E-state index in [1.165, 1.54) is 18.0 Å². The molecular weight excluding hydrogens is 410 g/mol. The van der Waals surface area contributed by atoms with Gasteiger partial charge in [-0.2, -0.15) is 0 Å². The fourth-order valence-corrected chi connectivity index (χ4v) is 2.97. The minimum absolute atomic E-state index is 0.147. The number of fused-ring (bicyclic) bond motifs is 1. The number of hydrogen-bond acceptors (Lipinski definition) is 9. The Morgan fingerprint density at radius 2 is 2.06 bits per heavy atom. The Balaban J connectivity index is 2.36. The summed E-state index contributed by atoms with van der Waals surface area (Å²) >= 11 is 0. The summed E-state index contributed by atoms with van der Waals surface area (Å²) in [5.41, 5.74) is 1.79. The van der Waals surface area contributed by atoms with Crippen LogP contribution in [0.3, 0.4) is 0 Å². The van der Waals surface area contributed by atoms with Crippen LogP contribution in [-0.4, -0.2) is 77.8 Å². The number of aliphatic hydroxyl groups is 1. The van der Waals surface area contributed by atoms with E-state index in [4.69, 9.17) is 21.6 Å². The molecule has 2 heterocycles. The minimum Gasteiger partial charge on any atom is -0.479 e. The average Bonchev–Trinajstić information content (AvgIpc) is 3.09. The first kappa shape index (κ1) is 23.7. The maximum absolute atomic E-state index is 11.6. The van der Waals surface area contributed by atoms with Gasteiger partial charge < -0.3 is 35.1 Å². The molecule has 31 heavy (non-hydrogen) atoms. The number of nitrogen functional groups attached to an aromatic ring is 1. The van der Waals surface area contributed by atoms with Gasteiger partial charge in [-0.1, -0.05) is 12.0 Å². The lowest BCUT2D eigenvalue weighted by atomic mass is 9.96. The zero-order valence-corrected chi connectivity index (χ0v) is 17.0. The molecule has 0 saturated heterocycles. The second-order valence-electron chi connectivity index (χ2n) is 6.73. The summed E-state index contributed by atoms with van der Waals surface area (Å²) in [5, 5.41) is 29.9. The summed E-state index contributed by atoms with van der Waals surface area (Å²) in [4.78, 5) is 35.6. The number of aliphatic carboxylic acids is 2. The van der Waals surface area contributed by atoms with Crippen molar-refractivity contribution in [1.82, 2.24) is 19.5 Å². The van der Waals surface area contributed by atoms with E-state index in [0.29, 0.717) is 17.0 Å². The smallest absolute Gasteiger partial charge is 0.348 e. The Hall–Kier alpha value is -3.53. The lowest BCUT2D eigenvalue weighted by Crippen LogP contribution is -2.54. The molecule has 166 valence electrons. The lowest BCUT2D eigenvalue weighted by molar-refractivity contribution is -0.192. The highest BCUT2D eigenvalue weighted by Crippen LogP contribution is 2.25. The van der Waals surface area contributed by atoms with Crippen molar-refractivity contribution in [3.63, 3.8) is 0 Å². The highest BCUT2D eigenvalue weighted by molar-refractivity contribution is 6.02. The number of nitrogens with zero attached hydrogens (tertiary/aromatic N) is 4. The Bertz CT molecular complexity index is 1030. The van der Waals surface area contributed by atoms with E-state index >= 15 is 0 Å². The molecule has 0 aromatic carbocycles. The molecule has 0 fully saturated rings. The van der Waals surface area contributed by atoms with Crippen LogP contribution in [0.25, 0.3) is 11.2 Å². The first-order valence-electron chi connectivity index (χ1n) is 8.94. The first-order valence-corrected chi connectivity index (χ1v) is 8.94. The number of methoxy groups -OCH3 is 1. The summed E-state index contributed by atoms with van der Waals surface area (Å²) in [7, 11) is 1.21. The van der Waals surface area contributed by atoms with Crippen LogP contribution >= 0.6 is 0 Å². The molecule has 0 bridgehead atoms. The Labute approximate surface area is 177 Å². The van der Waals surface area contributed by atoms with Gasteiger partial charge in [-0.15, -0.1) is 13.0 Å². The lowest BCUT2D eigenvalue weighted by Gasteiger charge is -2.33. The van der Waals surface area contributed by atoms with E-state index in [1.54, 1.807) is 6.92 Å². The topological polar surface area (TPSA) is 183 Å². The van der Waals surface area contributed by atoms with Crippen LogP contribution in [0, 0.1) is 19.3 Å². The number of imidazole rings is 1. The zero-order valence-electron chi connectivity index (χ0n) is 17.0. The third kappa shape index (κ3) is 4.48. The second-order valence-corrected chi connectivity index (χ2v) is 6.73. The molecule has 0 spiro atoms. The van der Waals surface area contributed by atoms with Gasteiger partial charge in [-0.3, -0.25) is 0 Å². The number of carbonyl (C=O) groups is 2. The third-order valence-electron chi connectivity index (χ3n) is 4.69. The van der Waals surface area contributed by atoms with E-state index in [-0.39, 0.29) is 12.4 Å². The van der Waals surface area contributed by atoms with Crippen molar-refractivity contribution in [2.75, 3.05) is 19.5 Å². The normalized spacial score (nSPS) is 14.5. The van der Waals surface area contributed by atoms with Crippen LogP contribution in [0.4, 0.5) is 5.82 Å². The minimum atomic E-state index is -2.62. The molecule has 0 aliphatic carbocycles. The van der Waals surface area contributed by atoms with Crippen LogP contribution in [0.15, 0.2) is 19.0 Å². The van der Waals surface area contributed by atoms with E-state index < -0.39 is 42.3 Å². The van der Waals surface area contributed by atoms with Crippen molar-refractivity contribution in [3.05, 3.63) is 24.8 Å². The number of anilines is 1. The van der Waals surface area contributed by atoms with E-state index in [2.05, 4.69) is 27.5 Å². The van der Waals surface area contributed by atoms with Gasteiger partial charge in [-0.05, 0) is 6.92 Å². The molecule has 2 aromatic rings. The maximum atomic E-state index is 11.6. The number of carboxylic acids is 2. The molecule has 0 saturated carbocycles. The Kier molecular flexibility index (Phi) is 6.96. The molecule has 0 amide bonds. The Morgan fingerprint density at radius 3 is 2.58 bits per heavy atom. The molecule has 2 unspecified atom stereocenters. The van der Waals surface area contributed by atoms with Gasteiger partial charge in [0.15, 0.2) is 17.1 Å². The summed E-state index contributed by atoms with van der Waals surface area (Å²) < 4.78 is 11.9. The van der Waals surface area contributed by atoms with Crippen molar-refractivity contribution in [2.24, 2.45) is 0 Å². The predicted molar refractivity (Wildman–Crippen MR) is 108 cm³/mol. The van der Waals surface area contributed by atoms with Crippen LogP contribution < -0.4 is 5.73 Å². The summed E-state index contributed by atoms with van der Waals surface area (Å²) in [6.45, 7) is 4.06. The first-order chi connectivity index (χ1) is 14.5. The predicted octanol–water partition coefficient (Wildman–Crippen LogP) is -0.403. The maximum Gasteiger partial charge on any atom is 0.348 e. The van der Waals surface area contributed by atoms with Crippen LogP contribution in [-0.2, 0) is 25.6 Å². The van der Waals surface area contributed by atoms with Crippen molar-refractivity contribution >= 4 is 28.9 Å². The van der Waals surface area contributed by atoms with Gasteiger partial charge in [-0.25, -0.2) is 24.5 Å². The van der Waals surface area contributed by atoms with Crippen molar-refractivity contribution < 1.29 is 34.4 Å². The quantitative estimate of drug-likeness (QED) is 0.205. The van der Waals surface area contributed by atoms with Gasteiger partial charge >= 0.3 is 11.9 Å². The molecule has 12 heteroatoms. The SMILES string of the molecule is C#CC(O)(Cn1cnc2c(N)nc(C)nc21)C(COC(CC=C)(C(=O)O)C(=O)O)OC. The summed E-state index contributed by atoms with van der Waals surface area (Å²) in [5.74, 6) is -0.745. The number of hydrogen-bond donors (Lipinski definition) is 4. The van der Waals surface area contributed by atoms with E-state index in [9.17, 15) is 24.9 Å².